The maximum absolute atomic E-state index is 12.1. The van der Waals surface area contributed by atoms with Crippen molar-refractivity contribution in [3.63, 3.8) is 0 Å². The number of esters is 1. The van der Waals surface area contributed by atoms with Crippen LogP contribution in [0.4, 0.5) is 0 Å². The van der Waals surface area contributed by atoms with Gasteiger partial charge in [0, 0.05) is 25.6 Å². The number of nitrogens with zero attached hydrogens (tertiary/aromatic N) is 1. The number of carbonyl (C=O) groups excluding carboxylic acids is 2. The Balaban J connectivity index is 2.36. The van der Waals surface area contributed by atoms with E-state index in [1.54, 1.807) is 0 Å². The molecule has 116 valence electrons. The third kappa shape index (κ3) is 5.90. The van der Waals surface area contributed by atoms with Crippen LogP contribution in [0.5, 0.6) is 0 Å². The van der Waals surface area contributed by atoms with Crippen LogP contribution in [0.2, 0.25) is 0 Å². The number of carbonyl (C=O) groups is 2. The summed E-state index contributed by atoms with van der Waals surface area (Å²) in [6.07, 6.45) is 3.92. The minimum absolute atomic E-state index is 0.0244. The Kier molecular flexibility index (Phi) is 6.46. The van der Waals surface area contributed by atoms with Crippen LogP contribution in [-0.4, -0.2) is 46.7 Å². The van der Waals surface area contributed by atoms with Gasteiger partial charge in [-0.3, -0.25) is 9.59 Å². The van der Waals surface area contributed by atoms with Gasteiger partial charge < -0.3 is 14.7 Å². The minimum Gasteiger partial charge on any atom is -0.460 e. The Morgan fingerprint density at radius 2 is 2.00 bits per heavy atom. The highest BCUT2D eigenvalue weighted by atomic mass is 16.6. The van der Waals surface area contributed by atoms with Crippen molar-refractivity contribution in [1.29, 1.82) is 0 Å². The lowest BCUT2D eigenvalue weighted by Crippen LogP contribution is -2.36. The van der Waals surface area contributed by atoms with Crippen LogP contribution in [-0.2, 0) is 14.3 Å². The van der Waals surface area contributed by atoms with E-state index < -0.39 is 5.60 Å². The number of aliphatic hydroxyl groups is 1. The van der Waals surface area contributed by atoms with Crippen LogP contribution >= 0.6 is 0 Å². The molecule has 0 aliphatic carbocycles. The highest BCUT2D eigenvalue weighted by Crippen LogP contribution is 2.22. The van der Waals surface area contributed by atoms with Gasteiger partial charge in [0.05, 0.1) is 6.42 Å². The summed E-state index contributed by atoms with van der Waals surface area (Å²) in [5.41, 5.74) is -0.503. The molecule has 1 heterocycles. The van der Waals surface area contributed by atoms with E-state index in [1.165, 1.54) is 0 Å². The Morgan fingerprint density at radius 1 is 1.30 bits per heavy atom. The average molecular weight is 285 g/mol. The topological polar surface area (TPSA) is 66.8 Å². The molecular formula is C15H27NO4. The smallest absolute Gasteiger partial charge is 0.306 e. The Hall–Kier alpha value is -1.10. The van der Waals surface area contributed by atoms with Crippen LogP contribution in [0.15, 0.2) is 0 Å². The quantitative estimate of drug-likeness (QED) is 0.757. The van der Waals surface area contributed by atoms with Gasteiger partial charge in [-0.25, -0.2) is 0 Å². The molecule has 1 rings (SSSR count). The highest BCUT2D eigenvalue weighted by molar-refractivity contribution is 5.81. The first-order valence-corrected chi connectivity index (χ1v) is 7.45. The van der Waals surface area contributed by atoms with Crippen molar-refractivity contribution >= 4 is 11.9 Å². The zero-order valence-electron chi connectivity index (χ0n) is 12.9. The zero-order chi connectivity index (χ0) is 15.2. The van der Waals surface area contributed by atoms with Crippen LogP contribution in [0.25, 0.3) is 0 Å². The van der Waals surface area contributed by atoms with E-state index in [9.17, 15) is 9.59 Å². The molecule has 0 aromatic heterocycles. The molecule has 1 fully saturated rings. The van der Waals surface area contributed by atoms with E-state index in [0.29, 0.717) is 0 Å². The molecule has 5 nitrogen and oxygen atoms in total. The fraction of sp³-hybridized carbons (Fsp3) is 0.867. The Morgan fingerprint density at radius 3 is 2.60 bits per heavy atom. The maximum Gasteiger partial charge on any atom is 0.306 e. The summed E-state index contributed by atoms with van der Waals surface area (Å²) in [5.74, 6) is -0.298. The molecule has 1 amide bonds. The lowest BCUT2D eigenvalue weighted by molar-refractivity contribution is -0.156. The molecule has 1 unspecified atom stereocenters. The number of rotatable bonds is 6. The third-order valence-corrected chi connectivity index (χ3v) is 3.36. The number of amides is 1. The third-order valence-electron chi connectivity index (χ3n) is 3.36. The summed E-state index contributed by atoms with van der Waals surface area (Å²) in [4.78, 5) is 25.6. The largest absolute Gasteiger partial charge is 0.460 e. The van der Waals surface area contributed by atoms with Crippen molar-refractivity contribution < 1.29 is 19.4 Å². The molecule has 0 radical (unpaired) electrons. The molecule has 0 aromatic rings. The predicted molar refractivity (Wildman–Crippen MR) is 76.1 cm³/mol. The molecule has 20 heavy (non-hydrogen) atoms. The first-order valence-electron chi connectivity index (χ1n) is 7.45. The highest BCUT2D eigenvalue weighted by Gasteiger charge is 2.28. The summed E-state index contributed by atoms with van der Waals surface area (Å²) < 4.78 is 5.20. The Labute approximate surface area is 121 Å². The molecule has 0 aromatic carbocycles. The lowest BCUT2D eigenvalue weighted by atomic mass is 10.1. The van der Waals surface area contributed by atoms with Crippen LogP contribution in [0.3, 0.4) is 0 Å². The van der Waals surface area contributed by atoms with Gasteiger partial charge in [-0.2, -0.15) is 0 Å². The normalized spacial score (nSPS) is 19.2. The van der Waals surface area contributed by atoms with Crippen molar-refractivity contribution in [3.8, 4) is 0 Å². The van der Waals surface area contributed by atoms with Gasteiger partial charge in [0.15, 0.2) is 0 Å². The van der Waals surface area contributed by atoms with Gasteiger partial charge >= 0.3 is 5.97 Å². The second-order valence-electron chi connectivity index (χ2n) is 6.34. The predicted octanol–water partition coefficient (Wildman–Crippen LogP) is 1.87. The van der Waals surface area contributed by atoms with Gasteiger partial charge in [-0.05, 0) is 46.5 Å². The van der Waals surface area contributed by atoms with Crippen molar-refractivity contribution in [2.45, 2.75) is 70.9 Å². The van der Waals surface area contributed by atoms with Gasteiger partial charge in [-0.15, -0.1) is 0 Å². The average Bonchev–Trinajstić information content (AvgIpc) is 2.79. The van der Waals surface area contributed by atoms with Crippen LogP contribution in [0.1, 0.15) is 59.3 Å². The molecule has 5 heteroatoms. The van der Waals surface area contributed by atoms with Crippen molar-refractivity contribution in [3.05, 3.63) is 0 Å². The maximum atomic E-state index is 12.1. The van der Waals surface area contributed by atoms with Crippen molar-refractivity contribution in [2.24, 2.45) is 0 Å². The fourth-order valence-electron chi connectivity index (χ4n) is 2.54. The fourth-order valence-corrected chi connectivity index (χ4v) is 2.54. The molecule has 1 N–H and O–H groups in total. The summed E-state index contributed by atoms with van der Waals surface area (Å²) in [5, 5.41) is 8.87. The summed E-state index contributed by atoms with van der Waals surface area (Å²) >= 11 is 0. The van der Waals surface area contributed by atoms with E-state index >= 15 is 0 Å². The van der Waals surface area contributed by atoms with E-state index in [4.69, 9.17) is 9.84 Å². The molecular weight excluding hydrogens is 258 g/mol. The molecule has 1 aliphatic rings. The first kappa shape index (κ1) is 17.0. The summed E-state index contributed by atoms with van der Waals surface area (Å²) in [6.45, 7) is 6.38. The van der Waals surface area contributed by atoms with Gasteiger partial charge in [0.1, 0.15) is 5.60 Å². The first-order chi connectivity index (χ1) is 9.33. The molecule has 1 saturated heterocycles. The lowest BCUT2D eigenvalue weighted by Gasteiger charge is -2.25. The monoisotopic (exact) mass is 285 g/mol. The number of hydrogen-bond donors (Lipinski definition) is 1. The minimum atomic E-state index is -0.503. The summed E-state index contributed by atoms with van der Waals surface area (Å²) in [6, 6.07) is 0.230. The van der Waals surface area contributed by atoms with Gasteiger partial charge in [-0.1, -0.05) is 0 Å². The number of ether oxygens (including phenoxy) is 1. The van der Waals surface area contributed by atoms with E-state index in [0.717, 1.165) is 32.2 Å². The van der Waals surface area contributed by atoms with E-state index in [2.05, 4.69) is 0 Å². The summed E-state index contributed by atoms with van der Waals surface area (Å²) in [7, 11) is 0. The van der Waals surface area contributed by atoms with Crippen LogP contribution < -0.4 is 0 Å². The molecule has 0 spiro atoms. The van der Waals surface area contributed by atoms with Crippen molar-refractivity contribution in [2.75, 3.05) is 13.2 Å². The zero-order valence-corrected chi connectivity index (χ0v) is 12.9. The van der Waals surface area contributed by atoms with E-state index in [1.807, 2.05) is 25.7 Å². The van der Waals surface area contributed by atoms with Crippen LogP contribution in [0, 0.1) is 0 Å². The Bertz CT molecular complexity index is 335. The molecule has 1 atom stereocenters. The number of hydrogen-bond acceptors (Lipinski definition) is 4. The van der Waals surface area contributed by atoms with Crippen molar-refractivity contribution in [1.82, 2.24) is 4.90 Å². The standard InChI is InChI=1S/C15H27NO4/c1-15(2,3)20-14(19)9-8-13(18)16-10-4-6-12(16)7-5-11-17/h12,17H,4-11H2,1-3H3. The molecule has 1 aliphatic heterocycles. The van der Waals surface area contributed by atoms with Gasteiger partial charge in [0.2, 0.25) is 5.91 Å². The molecule has 0 bridgehead atoms. The SMILES string of the molecule is CC(C)(C)OC(=O)CCC(=O)N1CCCC1CCCO. The number of aliphatic hydroxyl groups excluding tert-OH is 1. The molecule has 0 saturated carbocycles. The second kappa shape index (κ2) is 7.62. The van der Waals surface area contributed by atoms with E-state index in [-0.39, 0.29) is 37.4 Å². The van der Waals surface area contributed by atoms with Gasteiger partial charge in [0.25, 0.3) is 0 Å². The second-order valence-corrected chi connectivity index (χ2v) is 6.34. The number of likely N-dealkylation sites (tertiary alicyclic amines) is 1.